The largest absolute Gasteiger partial charge is 0.481 e. The van der Waals surface area contributed by atoms with Gasteiger partial charge in [-0.25, -0.2) is 0 Å². The third-order valence-electron chi connectivity index (χ3n) is 5.07. The lowest BCUT2D eigenvalue weighted by Crippen LogP contribution is -2.37. The molecule has 138 valence electrons. The number of benzene rings is 3. The second-order valence-corrected chi connectivity index (χ2v) is 10.4. The zero-order valence-corrected chi connectivity index (χ0v) is 16.6. The molecule has 0 aliphatic carbocycles. The summed E-state index contributed by atoms with van der Waals surface area (Å²) >= 11 is 0. The van der Waals surface area contributed by atoms with Crippen molar-refractivity contribution in [2.45, 2.75) is 19.8 Å². The van der Waals surface area contributed by atoms with Crippen LogP contribution in [0.25, 0.3) is 0 Å². The van der Waals surface area contributed by atoms with Crippen LogP contribution in [-0.4, -0.2) is 17.2 Å². The van der Waals surface area contributed by atoms with E-state index in [4.69, 9.17) is 0 Å². The molecule has 3 aromatic rings. The van der Waals surface area contributed by atoms with Gasteiger partial charge in [-0.3, -0.25) is 4.79 Å². The minimum absolute atomic E-state index is 0.357. The van der Waals surface area contributed by atoms with Crippen LogP contribution in [0.15, 0.2) is 91.0 Å². The highest BCUT2D eigenvalue weighted by molar-refractivity contribution is 7.95. The van der Waals surface area contributed by atoms with Gasteiger partial charge in [-0.05, 0) is 42.8 Å². The van der Waals surface area contributed by atoms with Gasteiger partial charge in [0.1, 0.15) is 23.2 Å². The Hall–Kier alpha value is -2.44. The molecule has 0 aliphatic rings. The van der Waals surface area contributed by atoms with E-state index >= 15 is 0 Å². The highest BCUT2D eigenvalue weighted by atomic mass is 31.2. The summed E-state index contributed by atoms with van der Waals surface area (Å²) in [4.78, 5) is 12.1. The molecule has 0 unspecified atom stereocenters. The van der Waals surface area contributed by atoms with Crippen molar-refractivity contribution in [2.24, 2.45) is 5.92 Å². The van der Waals surface area contributed by atoms with Crippen LogP contribution in [0.2, 0.25) is 0 Å². The number of aliphatic carboxylic acids is 1. The quantitative estimate of drug-likeness (QED) is 0.588. The zero-order chi connectivity index (χ0) is 19.1. The lowest BCUT2D eigenvalue weighted by molar-refractivity contribution is -0.141. The summed E-state index contributed by atoms with van der Waals surface area (Å²) in [6.45, 7) is 2.06. The van der Waals surface area contributed by atoms with E-state index in [0.717, 1.165) is 6.42 Å². The molecule has 1 N–H and O–H groups in total. The Labute approximate surface area is 162 Å². The van der Waals surface area contributed by atoms with Gasteiger partial charge in [0.25, 0.3) is 0 Å². The molecule has 0 aromatic heterocycles. The lowest BCUT2D eigenvalue weighted by atomic mass is 10.1. The number of carboxylic acids is 1. The Morgan fingerprint density at radius 2 is 1.15 bits per heavy atom. The molecule has 3 aromatic carbocycles. The van der Waals surface area contributed by atoms with Crippen molar-refractivity contribution < 1.29 is 9.90 Å². The lowest BCUT2D eigenvalue weighted by Gasteiger charge is -2.29. The summed E-state index contributed by atoms with van der Waals surface area (Å²) in [7, 11) is -2.07. The molecule has 27 heavy (non-hydrogen) atoms. The van der Waals surface area contributed by atoms with Crippen LogP contribution in [0.3, 0.4) is 0 Å². The average Bonchev–Trinajstić information content (AvgIpc) is 2.73. The molecule has 3 heteroatoms. The smallest absolute Gasteiger partial charge is 0.310 e. The number of hydrogen-bond donors (Lipinski definition) is 1. The van der Waals surface area contributed by atoms with Crippen LogP contribution in [0, 0.1) is 5.92 Å². The maximum atomic E-state index is 12.1. The van der Waals surface area contributed by atoms with Crippen molar-refractivity contribution >= 4 is 29.1 Å². The molecular formula is C24H26O2P+. The van der Waals surface area contributed by atoms with Crippen LogP contribution < -0.4 is 15.9 Å². The molecule has 0 bridgehead atoms. The third kappa shape index (κ3) is 4.12. The fraction of sp³-hybridized carbons (Fsp3) is 0.208. The van der Waals surface area contributed by atoms with E-state index in [1.807, 2.05) is 18.2 Å². The SMILES string of the molecule is CCC[C@@H](C[P+](c1ccccc1)(c1ccccc1)c1ccccc1)C(=O)O. The first-order valence-electron chi connectivity index (χ1n) is 9.46. The van der Waals surface area contributed by atoms with Crippen molar-refractivity contribution in [3.8, 4) is 0 Å². The molecule has 0 fully saturated rings. The standard InChI is InChI=1S/C24H25O2P/c1-2-12-20(24(25)26)19-27(21-13-6-3-7-14-21,22-15-8-4-9-16-22)23-17-10-5-11-18-23/h3-11,13-18,20H,2,12,19H2,1H3/p+1/t20-/m0/s1. The Kier molecular flexibility index (Phi) is 6.42. The van der Waals surface area contributed by atoms with E-state index in [1.54, 1.807) is 0 Å². The van der Waals surface area contributed by atoms with Crippen molar-refractivity contribution in [3.63, 3.8) is 0 Å². The first kappa shape index (κ1) is 19.3. The third-order valence-corrected chi connectivity index (χ3v) is 9.60. The average molecular weight is 377 g/mol. The van der Waals surface area contributed by atoms with Gasteiger partial charge in [-0.1, -0.05) is 67.9 Å². The van der Waals surface area contributed by atoms with Gasteiger partial charge in [0.05, 0.1) is 12.1 Å². The van der Waals surface area contributed by atoms with Crippen molar-refractivity contribution in [2.75, 3.05) is 6.16 Å². The van der Waals surface area contributed by atoms with Crippen molar-refractivity contribution in [1.29, 1.82) is 0 Å². The first-order chi connectivity index (χ1) is 13.2. The Bertz CT molecular complexity index is 751. The number of rotatable bonds is 8. The molecule has 2 nitrogen and oxygen atoms in total. The molecular weight excluding hydrogens is 351 g/mol. The van der Waals surface area contributed by atoms with Gasteiger partial charge in [-0.15, -0.1) is 0 Å². The van der Waals surface area contributed by atoms with Crippen LogP contribution in [0.4, 0.5) is 0 Å². The van der Waals surface area contributed by atoms with E-state index in [9.17, 15) is 9.90 Å². The minimum atomic E-state index is -2.07. The predicted molar refractivity (Wildman–Crippen MR) is 116 cm³/mol. The van der Waals surface area contributed by atoms with Crippen molar-refractivity contribution in [3.05, 3.63) is 91.0 Å². The van der Waals surface area contributed by atoms with E-state index < -0.39 is 13.2 Å². The number of hydrogen-bond acceptors (Lipinski definition) is 1. The van der Waals surface area contributed by atoms with Gasteiger partial charge in [-0.2, -0.15) is 0 Å². The van der Waals surface area contributed by atoms with Crippen LogP contribution in [-0.2, 0) is 4.79 Å². The molecule has 0 heterocycles. The second-order valence-electron chi connectivity index (χ2n) is 6.82. The van der Waals surface area contributed by atoms with Crippen molar-refractivity contribution in [1.82, 2.24) is 0 Å². The van der Waals surface area contributed by atoms with Crippen LogP contribution in [0.1, 0.15) is 19.8 Å². The van der Waals surface area contributed by atoms with Gasteiger partial charge < -0.3 is 5.11 Å². The molecule has 0 spiro atoms. The van der Waals surface area contributed by atoms with E-state index in [-0.39, 0.29) is 5.92 Å². The summed E-state index contributed by atoms with van der Waals surface area (Å²) in [5.41, 5.74) is 0. The summed E-state index contributed by atoms with van der Waals surface area (Å²) in [6, 6.07) is 31.4. The highest BCUT2D eigenvalue weighted by Gasteiger charge is 2.48. The fourth-order valence-electron chi connectivity index (χ4n) is 3.78. The van der Waals surface area contributed by atoms with Gasteiger partial charge in [0.15, 0.2) is 0 Å². The number of carbonyl (C=O) groups is 1. The Morgan fingerprint density at radius 1 is 0.778 bits per heavy atom. The first-order valence-corrected chi connectivity index (χ1v) is 11.4. The van der Waals surface area contributed by atoms with E-state index in [0.29, 0.717) is 12.6 Å². The molecule has 1 atom stereocenters. The zero-order valence-electron chi connectivity index (χ0n) is 15.7. The summed E-state index contributed by atoms with van der Waals surface area (Å²) in [5.74, 6) is -1.05. The second kappa shape index (κ2) is 8.97. The Morgan fingerprint density at radius 3 is 1.44 bits per heavy atom. The summed E-state index contributed by atoms with van der Waals surface area (Å²) < 4.78 is 0. The molecule has 0 aliphatic heterocycles. The predicted octanol–water partition coefficient (Wildman–Crippen LogP) is 4.48. The topological polar surface area (TPSA) is 37.3 Å². The molecule has 0 saturated carbocycles. The Balaban J connectivity index is 2.27. The summed E-state index contributed by atoms with van der Waals surface area (Å²) in [5, 5.41) is 13.6. The monoisotopic (exact) mass is 377 g/mol. The highest BCUT2D eigenvalue weighted by Crippen LogP contribution is 2.57. The van der Waals surface area contributed by atoms with Crippen LogP contribution in [0.5, 0.6) is 0 Å². The fourth-order valence-corrected chi connectivity index (χ4v) is 8.35. The number of carboxylic acid groups (broad SMARTS) is 1. The summed E-state index contributed by atoms with van der Waals surface area (Å²) in [6.07, 6.45) is 2.22. The molecule has 0 saturated heterocycles. The normalized spacial score (nSPS) is 12.5. The van der Waals surface area contributed by atoms with E-state index in [2.05, 4.69) is 79.7 Å². The van der Waals surface area contributed by atoms with Gasteiger partial charge in [0, 0.05) is 0 Å². The minimum Gasteiger partial charge on any atom is -0.481 e. The molecule has 3 rings (SSSR count). The van der Waals surface area contributed by atoms with Crippen LogP contribution >= 0.6 is 7.26 Å². The van der Waals surface area contributed by atoms with Gasteiger partial charge >= 0.3 is 5.97 Å². The molecule has 0 radical (unpaired) electrons. The van der Waals surface area contributed by atoms with E-state index in [1.165, 1.54) is 15.9 Å². The molecule has 0 amide bonds. The van der Waals surface area contributed by atoms with Gasteiger partial charge in [0.2, 0.25) is 0 Å². The maximum Gasteiger partial charge on any atom is 0.310 e. The maximum absolute atomic E-state index is 12.1.